The molecule has 9 rings (SSSR count). The van der Waals surface area contributed by atoms with Crippen molar-refractivity contribution in [2.24, 2.45) is 11.8 Å². The van der Waals surface area contributed by atoms with Crippen molar-refractivity contribution in [2.75, 3.05) is 27.3 Å². The van der Waals surface area contributed by atoms with E-state index in [1.807, 2.05) is 68.0 Å². The molecule has 6 atom stereocenters. The first-order chi connectivity index (χ1) is 31.4. The van der Waals surface area contributed by atoms with Gasteiger partial charge in [0.15, 0.2) is 0 Å². The maximum absolute atomic E-state index is 13.8. The molecule has 3 aliphatic rings. The minimum Gasteiger partial charge on any atom is -0.465 e. The summed E-state index contributed by atoms with van der Waals surface area (Å²) in [4.78, 5) is 60.0. The number of aromatic nitrogens is 5. The molecule has 340 valence electrons. The summed E-state index contributed by atoms with van der Waals surface area (Å²) in [5.41, 5.74) is 7.49. The predicted octanol–water partition coefficient (Wildman–Crippen LogP) is 7.27. The number of amides is 3. The van der Waals surface area contributed by atoms with Crippen molar-refractivity contribution >= 4 is 28.8 Å². The Bertz CT molecular complexity index is 2690. The topological polar surface area (TPSA) is 192 Å². The molecule has 5 N–H and O–H groups in total. The summed E-state index contributed by atoms with van der Waals surface area (Å²) in [6.07, 6.45) is 4.52. The number of imidazole rings is 2. The lowest BCUT2D eigenvalue weighted by atomic mass is 10.0. The van der Waals surface area contributed by atoms with Crippen LogP contribution in [0.25, 0.3) is 44.7 Å². The van der Waals surface area contributed by atoms with Gasteiger partial charge in [0.2, 0.25) is 24.5 Å². The number of carbonyl (C=O) groups excluding carboxylic acids is 3. The number of nitrogens with one attached hydrogen (secondary N) is 4. The highest BCUT2D eigenvalue weighted by Crippen LogP contribution is 2.46. The number of nitrogens with zero attached hydrogens (tertiary/aromatic N) is 5. The molecule has 16 heteroatoms. The van der Waals surface area contributed by atoms with Gasteiger partial charge in [-0.05, 0) is 67.9 Å². The third-order valence-electron chi connectivity index (χ3n) is 13.0. The Kier molecular flexibility index (Phi) is 12.2. The van der Waals surface area contributed by atoms with Crippen LogP contribution >= 0.6 is 0 Å². The van der Waals surface area contributed by atoms with Crippen LogP contribution in [0.4, 0.5) is 4.79 Å². The van der Waals surface area contributed by atoms with Gasteiger partial charge in [-0.15, -0.1) is 0 Å². The Labute approximate surface area is 377 Å². The molecular formula is C49H57N9O7. The van der Waals surface area contributed by atoms with E-state index in [-0.39, 0.29) is 35.7 Å². The Morgan fingerprint density at radius 2 is 1.38 bits per heavy atom. The smallest absolute Gasteiger partial charge is 0.407 e. The number of likely N-dealkylation sites (tertiary alicyclic amines) is 2. The highest BCUT2D eigenvalue weighted by Gasteiger charge is 2.39. The molecule has 3 aromatic heterocycles. The first-order valence-electron chi connectivity index (χ1n) is 22.5. The third kappa shape index (κ3) is 8.37. The van der Waals surface area contributed by atoms with E-state index in [2.05, 4.69) is 73.7 Å². The summed E-state index contributed by atoms with van der Waals surface area (Å²) in [5.74, 6) is 1.70. The third-order valence-corrected chi connectivity index (χ3v) is 13.0. The number of fused-ring (bicyclic) bond motifs is 5. The second-order valence-electron chi connectivity index (χ2n) is 17.8. The number of hydrogen-bond acceptors (Lipinski definition) is 10. The minimum absolute atomic E-state index is 0.0669. The van der Waals surface area contributed by atoms with Crippen molar-refractivity contribution in [3.05, 3.63) is 102 Å². The van der Waals surface area contributed by atoms with Crippen LogP contribution in [0.5, 0.6) is 5.75 Å². The van der Waals surface area contributed by atoms with Crippen molar-refractivity contribution in [1.82, 2.24) is 44.9 Å². The molecule has 6 aromatic rings. The summed E-state index contributed by atoms with van der Waals surface area (Å²) in [7, 11) is 2.68. The average Bonchev–Trinajstić information content (AvgIpc) is 4.18. The van der Waals surface area contributed by atoms with Crippen LogP contribution in [0, 0.1) is 11.8 Å². The van der Waals surface area contributed by atoms with Gasteiger partial charge in [-0.1, -0.05) is 70.2 Å². The molecule has 2 unspecified atom stereocenters. The van der Waals surface area contributed by atoms with Crippen LogP contribution in [-0.2, 0) is 19.1 Å². The van der Waals surface area contributed by atoms with Gasteiger partial charge in [0.1, 0.15) is 23.4 Å². The second kappa shape index (κ2) is 18.2. The first kappa shape index (κ1) is 43.7. The lowest BCUT2D eigenvalue weighted by molar-refractivity contribution is -0.145. The fraction of sp³-hybridized carbons (Fsp3) is 0.408. The van der Waals surface area contributed by atoms with E-state index in [0.717, 1.165) is 87.5 Å². The molecule has 6 heterocycles. The minimum atomic E-state index is -1.24. The molecule has 65 heavy (non-hydrogen) atoms. The summed E-state index contributed by atoms with van der Waals surface area (Å²) in [5, 5.41) is 16.8. The number of rotatable bonds is 13. The van der Waals surface area contributed by atoms with Gasteiger partial charge >= 0.3 is 6.09 Å². The quantitative estimate of drug-likeness (QED) is 0.0738. The maximum atomic E-state index is 13.8. The summed E-state index contributed by atoms with van der Waals surface area (Å²) in [6.45, 7) is 8.86. The van der Waals surface area contributed by atoms with Crippen molar-refractivity contribution in [3.63, 3.8) is 0 Å². The lowest BCUT2D eigenvalue weighted by Gasteiger charge is -2.31. The number of aromatic amines is 2. The van der Waals surface area contributed by atoms with Crippen LogP contribution in [0.3, 0.4) is 0 Å². The molecule has 0 aliphatic carbocycles. The Balaban J connectivity index is 1.000. The van der Waals surface area contributed by atoms with E-state index in [1.54, 1.807) is 6.20 Å². The fourth-order valence-corrected chi connectivity index (χ4v) is 9.63. The zero-order valence-corrected chi connectivity index (χ0v) is 37.6. The molecule has 16 nitrogen and oxygen atoms in total. The molecule has 0 saturated carbocycles. The van der Waals surface area contributed by atoms with Crippen molar-refractivity contribution < 1.29 is 33.7 Å². The van der Waals surface area contributed by atoms with E-state index in [0.29, 0.717) is 18.9 Å². The molecule has 3 aliphatic heterocycles. The van der Waals surface area contributed by atoms with Gasteiger partial charge in [-0.3, -0.25) is 14.9 Å². The maximum Gasteiger partial charge on any atom is 0.407 e. The number of methoxy groups -OCH3 is 2. The molecule has 3 aromatic carbocycles. The normalized spacial score (nSPS) is 19.6. The first-order valence-corrected chi connectivity index (χ1v) is 22.5. The van der Waals surface area contributed by atoms with Crippen molar-refractivity contribution in [1.29, 1.82) is 0 Å². The van der Waals surface area contributed by atoms with Crippen LogP contribution in [-0.4, -0.2) is 103 Å². The number of alkyl carbamates (subject to hydrolysis) is 1. The van der Waals surface area contributed by atoms with Gasteiger partial charge < -0.3 is 49.0 Å². The molecule has 2 saturated heterocycles. The number of hydrogen-bond donors (Lipinski definition) is 5. The second-order valence-corrected chi connectivity index (χ2v) is 17.8. The van der Waals surface area contributed by atoms with E-state index >= 15 is 0 Å². The Morgan fingerprint density at radius 3 is 1.98 bits per heavy atom. The van der Waals surface area contributed by atoms with Crippen LogP contribution < -0.4 is 15.4 Å². The zero-order chi connectivity index (χ0) is 45.5. The number of ether oxygens (including phenoxy) is 3. The van der Waals surface area contributed by atoms with Crippen LogP contribution in [0.2, 0.25) is 0 Å². The van der Waals surface area contributed by atoms with Gasteiger partial charge in [-0.2, -0.15) is 0 Å². The highest BCUT2D eigenvalue weighted by molar-refractivity contribution is 5.92. The van der Waals surface area contributed by atoms with Crippen LogP contribution in [0.15, 0.2) is 85.2 Å². The lowest BCUT2D eigenvalue weighted by Crippen LogP contribution is -2.52. The van der Waals surface area contributed by atoms with Gasteiger partial charge in [0.25, 0.3) is 0 Å². The Hall–Kier alpha value is -6.49. The number of benzene rings is 3. The monoisotopic (exact) mass is 883 g/mol. The molecular weight excluding hydrogens is 827 g/mol. The summed E-state index contributed by atoms with van der Waals surface area (Å²) < 4.78 is 19.0. The van der Waals surface area contributed by atoms with Crippen molar-refractivity contribution in [2.45, 2.75) is 90.2 Å². The number of aliphatic hydroxyl groups is 1. The predicted molar refractivity (Wildman–Crippen MR) is 244 cm³/mol. The molecule has 3 amide bonds. The fourth-order valence-electron chi connectivity index (χ4n) is 9.63. The molecule has 0 spiro atoms. The van der Waals surface area contributed by atoms with Crippen LogP contribution in [0.1, 0.15) is 88.9 Å². The number of carbonyl (C=O) groups is 3. The Morgan fingerprint density at radius 1 is 0.785 bits per heavy atom. The molecule has 0 radical (unpaired) electrons. The number of H-pyrrole nitrogens is 2. The van der Waals surface area contributed by atoms with E-state index in [4.69, 9.17) is 24.2 Å². The number of aliphatic hydroxyl groups excluding tert-OH is 1. The SMILES string of the molecule is COC(=O)N[C@H](C(=O)N1CCC[C@H]1c1ncc(-c2ccc3c(c2)OC(c2ccccc2)n2c-3cc3cc(-c4cnc([C@@H]5CCCN5C(=O)[C@@H](NC(O)OC)C(C)C)[nH]4)ccc32)[nH]1)C(C)C. The van der Waals surface area contributed by atoms with E-state index < -0.39 is 30.8 Å². The summed E-state index contributed by atoms with van der Waals surface area (Å²) in [6, 6.07) is 23.1. The van der Waals surface area contributed by atoms with E-state index in [9.17, 15) is 19.5 Å². The average molecular weight is 884 g/mol. The zero-order valence-electron chi connectivity index (χ0n) is 37.6. The summed E-state index contributed by atoms with van der Waals surface area (Å²) >= 11 is 0. The van der Waals surface area contributed by atoms with E-state index in [1.165, 1.54) is 14.2 Å². The van der Waals surface area contributed by atoms with Crippen molar-refractivity contribution in [3.8, 4) is 39.5 Å². The molecule has 2 fully saturated rings. The van der Waals surface area contributed by atoms with Gasteiger partial charge in [-0.25, -0.2) is 14.8 Å². The largest absolute Gasteiger partial charge is 0.465 e. The molecule has 0 bridgehead atoms. The standard InChI is InChI=1S/C49H57N9O7/c1-27(2)41(54-48(61)63-5)45(59)56-20-10-14-37(56)43-50-25-34(52-43)30-17-19-36-32(22-30)23-39-33-18-16-31(24-40(33)65-47(58(36)39)29-12-8-7-9-13-29)35-26-51-44(53-35)38-15-11-21-57(38)46(60)42(28(3)4)55-49(62)64-6/h7-9,12-13,16-19,22-28,37-38,41-42,47-48,54,61H,10-11,14-15,20-21H2,1-6H3,(H,50,52)(H,51,53)(H,55,62)/t37-,38-,41-,42-,47?,48?/m0/s1. The van der Waals surface area contributed by atoms with Gasteiger partial charge in [0, 0.05) is 47.8 Å². The van der Waals surface area contributed by atoms with Gasteiger partial charge in [0.05, 0.1) is 60.2 Å². The highest BCUT2D eigenvalue weighted by atomic mass is 16.6.